The largest absolute Gasteiger partial charge is 0.345 e. The predicted octanol–water partition coefficient (Wildman–Crippen LogP) is 3.54. The molecule has 1 atom stereocenters. The van der Waals surface area contributed by atoms with E-state index in [1.165, 1.54) is 10.6 Å². The maximum Gasteiger partial charge on any atom is 0.251 e. The highest BCUT2D eigenvalue weighted by Crippen LogP contribution is 2.30. The van der Waals surface area contributed by atoms with Gasteiger partial charge in [-0.05, 0) is 55.2 Å². The van der Waals surface area contributed by atoms with Crippen molar-refractivity contribution in [2.45, 2.75) is 25.8 Å². The van der Waals surface area contributed by atoms with E-state index in [0.717, 1.165) is 24.0 Å². The molecule has 0 saturated carbocycles. The van der Waals surface area contributed by atoms with Crippen molar-refractivity contribution in [1.82, 2.24) is 5.32 Å². The summed E-state index contributed by atoms with van der Waals surface area (Å²) in [6.07, 6.45) is 2.69. The van der Waals surface area contributed by atoms with Gasteiger partial charge in [0, 0.05) is 17.1 Å². The molecule has 26 heavy (non-hydrogen) atoms. The Balaban J connectivity index is 1.82. The first-order valence-corrected chi connectivity index (χ1v) is 10.7. The van der Waals surface area contributed by atoms with Crippen LogP contribution in [0.5, 0.6) is 0 Å². The maximum atomic E-state index is 12.6. The molecule has 1 amide bonds. The quantitative estimate of drug-likeness (QED) is 0.865. The highest BCUT2D eigenvalue weighted by Gasteiger charge is 2.25. The number of sulfonamides is 1. The average molecular weight is 393 g/mol. The molecule has 7 heteroatoms. The van der Waals surface area contributed by atoms with Crippen molar-refractivity contribution < 1.29 is 13.2 Å². The molecule has 2 aromatic rings. The molecule has 2 aromatic carbocycles. The van der Waals surface area contributed by atoms with Gasteiger partial charge in [0.05, 0.1) is 18.0 Å². The van der Waals surface area contributed by atoms with Crippen molar-refractivity contribution in [2.75, 3.05) is 17.1 Å². The van der Waals surface area contributed by atoms with Gasteiger partial charge in [-0.25, -0.2) is 8.42 Å². The van der Waals surface area contributed by atoms with Crippen LogP contribution in [0.2, 0.25) is 5.02 Å². The van der Waals surface area contributed by atoms with Crippen LogP contribution in [0.25, 0.3) is 0 Å². The highest BCUT2D eigenvalue weighted by atomic mass is 35.5. The summed E-state index contributed by atoms with van der Waals surface area (Å²) in [5.74, 6) is -0.211. The number of anilines is 1. The minimum absolute atomic E-state index is 0.211. The molecule has 0 spiro atoms. The number of nitrogens with one attached hydrogen (secondary N) is 1. The lowest BCUT2D eigenvalue weighted by molar-refractivity contribution is 0.0940. The zero-order chi connectivity index (χ0) is 18.9. The Morgan fingerprint density at radius 3 is 2.65 bits per heavy atom. The molecule has 0 bridgehead atoms. The second-order valence-electron chi connectivity index (χ2n) is 6.50. The van der Waals surface area contributed by atoms with Gasteiger partial charge in [-0.15, -0.1) is 0 Å². The van der Waals surface area contributed by atoms with E-state index in [2.05, 4.69) is 5.32 Å². The molecular weight excluding hydrogens is 372 g/mol. The SMILES string of the molecule is CC(NC(=O)c1ccc2c(c1)CCCN2S(C)(=O)=O)c1ccccc1Cl. The number of carbonyl (C=O) groups excluding carboxylic acids is 1. The Bertz CT molecular complexity index is 944. The van der Waals surface area contributed by atoms with Crippen molar-refractivity contribution in [3.63, 3.8) is 0 Å². The van der Waals surface area contributed by atoms with E-state index in [1.54, 1.807) is 24.3 Å². The summed E-state index contributed by atoms with van der Waals surface area (Å²) < 4.78 is 25.3. The average Bonchev–Trinajstić information content (AvgIpc) is 2.60. The van der Waals surface area contributed by atoms with Gasteiger partial charge in [-0.3, -0.25) is 9.10 Å². The lowest BCUT2D eigenvalue weighted by Gasteiger charge is -2.29. The zero-order valence-corrected chi connectivity index (χ0v) is 16.3. The minimum Gasteiger partial charge on any atom is -0.345 e. The lowest BCUT2D eigenvalue weighted by Crippen LogP contribution is -2.35. The first-order chi connectivity index (χ1) is 12.3. The predicted molar refractivity (Wildman–Crippen MR) is 104 cm³/mol. The van der Waals surface area contributed by atoms with E-state index in [-0.39, 0.29) is 11.9 Å². The van der Waals surface area contributed by atoms with Crippen molar-refractivity contribution in [3.05, 3.63) is 64.2 Å². The maximum absolute atomic E-state index is 12.6. The summed E-state index contributed by atoms with van der Waals surface area (Å²) in [5, 5.41) is 3.55. The Labute approximate surface area is 159 Å². The van der Waals surface area contributed by atoms with Crippen molar-refractivity contribution in [1.29, 1.82) is 0 Å². The summed E-state index contributed by atoms with van der Waals surface area (Å²) in [5.41, 5.74) is 2.90. The van der Waals surface area contributed by atoms with Gasteiger partial charge in [0.1, 0.15) is 0 Å². The smallest absolute Gasteiger partial charge is 0.251 e. The molecule has 0 aromatic heterocycles. The van der Waals surface area contributed by atoms with Crippen LogP contribution in [0.1, 0.15) is 40.9 Å². The number of hydrogen-bond donors (Lipinski definition) is 1. The molecule has 0 fully saturated rings. The Hall–Kier alpha value is -2.05. The number of benzene rings is 2. The van der Waals surface area contributed by atoms with Crippen LogP contribution >= 0.6 is 11.6 Å². The number of amides is 1. The fourth-order valence-corrected chi connectivity index (χ4v) is 4.53. The third kappa shape index (κ3) is 3.86. The van der Waals surface area contributed by atoms with Gasteiger partial charge in [0.15, 0.2) is 0 Å². The van der Waals surface area contributed by atoms with Gasteiger partial charge in [0.25, 0.3) is 5.91 Å². The molecule has 1 N–H and O–H groups in total. The molecule has 1 heterocycles. The van der Waals surface area contributed by atoms with Crippen LogP contribution in [-0.4, -0.2) is 27.1 Å². The van der Waals surface area contributed by atoms with Crippen LogP contribution in [0, 0.1) is 0 Å². The Kier molecular flexibility index (Phi) is 5.25. The standard InChI is InChI=1S/C19H21ClN2O3S/c1-13(16-7-3-4-8-17(16)20)21-19(23)15-9-10-18-14(12-15)6-5-11-22(18)26(2,24)25/h3-4,7-10,12-13H,5-6,11H2,1-2H3,(H,21,23). The first kappa shape index (κ1) is 18.7. The number of aryl methyl sites for hydroxylation is 1. The minimum atomic E-state index is -3.31. The molecule has 1 unspecified atom stereocenters. The monoisotopic (exact) mass is 392 g/mol. The molecule has 3 rings (SSSR count). The summed E-state index contributed by atoms with van der Waals surface area (Å²) in [4.78, 5) is 12.6. The summed E-state index contributed by atoms with van der Waals surface area (Å²) in [7, 11) is -3.31. The highest BCUT2D eigenvalue weighted by molar-refractivity contribution is 7.92. The van der Waals surface area contributed by atoms with E-state index in [1.807, 2.05) is 25.1 Å². The fraction of sp³-hybridized carbons (Fsp3) is 0.316. The Morgan fingerprint density at radius 1 is 1.23 bits per heavy atom. The second-order valence-corrected chi connectivity index (χ2v) is 8.81. The number of nitrogens with zero attached hydrogens (tertiary/aromatic N) is 1. The van der Waals surface area contributed by atoms with E-state index < -0.39 is 10.0 Å². The van der Waals surface area contributed by atoms with Gasteiger partial charge in [-0.1, -0.05) is 29.8 Å². The molecule has 1 aliphatic rings. The van der Waals surface area contributed by atoms with Gasteiger partial charge in [-0.2, -0.15) is 0 Å². The number of hydrogen-bond acceptors (Lipinski definition) is 3. The second kappa shape index (κ2) is 7.29. The first-order valence-electron chi connectivity index (χ1n) is 8.43. The molecule has 1 aliphatic heterocycles. The normalized spacial score (nSPS) is 15.3. The summed E-state index contributed by atoms with van der Waals surface area (Å²) in [6, 6.07) is 12.3. The van der Waals surface area contributed by atoms with Crippen molar-refractivity contribution in [2.24, 2.45) is 0 Å². The van der Waals surface area contributed by atoms with Crippen LogP contribution in [-0.2, 0) is 16.4 Å². The zero-order valence-electron chi connectivity index (χ0n) is 14.7. The van der Waals surface area contributed by atoms with Gasteiger partial charge >= 0.3 is 0 Å². The van der Waals surface area contributed by atoms with E-state index >= 15 is 0 Å². The topological polar surface area (TPSA) is 66.5 Å². The van der Waals surface area contributed by atoms with Crippen LogP contribution < -0.4 is 9.62 Å². The van der Waals surface area contributed by atoms with E-state index in [0.29, 0.717) is 22.8 Å². The molecule has 0 radical (unpaired) electrons. The molecular formula is C19H21ClN2O3S. The summed E-state index contributed by atoms with van der Waals surface area (Å²) in [6.45, 7) is 2.35. The number of carbonyl (C=O) groups is 1. The van der Waals surface area contributed by atoms with E-state index in [9.17, 15) is 13.2 Å². The van der Waals surface area contributed by atoms with Crippen LogP contribution in [0.3, 0.4) is 0 Å². The molecule has 0 aliphatic carbocycles. The number of halogens is 1. The van der Waals surface area contributed by atoms with Crippen molar-refractivity contribution in [3.8, 4) is 0 Å². The van der Waals surface area contributed by atoms with E-state index in [4.69, 9.17) is 11.6 Å². The molecule has 138 valence electrons. The summed E-state index contributed by atoms with van der Waals surface area (Å²) >= 11 is 6.19. The number of fused-ring (bicyclic) bond motifs is 1. The fourth-order valence-electron chi connectivity index (χ4n) is 3.23. The lowest BCUT2D eigenvalue weighted by atomic mass is 10.00. The van der Waals surface area contributed by atoms with Crippen LogP contribution in [0.4, 0.5) is 5.69 Å². The third-order valence-electron chi connectivity index (χ3n) is 4.54. The molecule has 5 nitrogen and oxygen atoms in total. The van der Waals surface area contributed by atoms with Gasteiger partial charge in [0.2, 0.25) is 10.0 Å². The Morgan fingerprint density at radius 2 is 1.96 bits per heavy atom. The number of rotatable bonds is 4. The van der Waals surface area contributed by atoms with Crippen LogP contribution in [0.15, 0.2) is 42.5 Å². The van der Waals surface area contributed by atoms with Crippen molar-refractivity contribution >= 4 is 33.2 Å². The third-order valence-corrected chi connectivity index (χ3v) is 6.06. The molecule has 0 saturated heterocycles. The van der Waals surface area contributed by atoms with Gasteiger partial charge < -0.3 is 5.32 Å².